The molecule has 1 heterocycles. The van der Waals surface area contributed by atoms with Crippen LogP contribution in [0, 0.1) is 0 Å². The zero-order chi connectivity index (χ0) is 11.5. The molecule has 1 N–H and O–H groups in total. The number of aromatic carboxylic acids is 1. The summed E-state index contributed by atoms with van der Waals surface area (Å²) in [5, 5.41) is 8.47. The van der Waals surface area contributed by atoms with Crippen molar-refractivity contribution >= 4 is 5.97 Å². The Morgan fingerprint density at radius 1 is 1.53 bits per heavy atom. The molecule has 0 saturated heterocycles. The minimum Gasteiger partial charge on any atom is -0.476 e. The third-order valence-electron chi connectivity index (χ3n) is 1.32. The van der Waals surface area contributed by atoms with Gasteiger partial charge < -0.3 is 9.84 Å². The van der Waals surface area contributed by atoms with E-state index < -0.39 is 18.5 Å². The van der Waals surface area contributed by atoms with Gasteiger partial charge in [0.15, 0.2) is 12.3 Å². The third kappa shape index (κ3) is 3.84. The Bertz CT molecular complexity index is 348. The molecule has 0 aliphatic carbocycles. The van der Waals surface area contributed by atoms with E-state index in [1.165, 1.54) is 0 Å². The molecule has 82 valence electrons. The lowest BCUT2D eigenvalue weighted by Crippen LogP contribution is -2.21. The van der Waals surface area contributed by atoms with E-state index in [9.17, 15) is 13.6 Å². The van der Waals surface area contributed by atoms with Crippen LogP contribution in [0.25, 0.3) is 0 Å². The summed E-state index contributed by atoms with van der Waals surface area (Å²) in [7, 11) is 0. The second kappa shape index (κ2) is 4.16. The molecule has 0 aromatic carbocycles. The zero-order valence-electron chi connectivity index (χ0n) is 7.78. The van der Waals surface area contributed by atoms with Crippen LogP contribution in [-0.4, -0.2) is 33.6 Å². The fourth-order valence-electron chi connectivity index (χ4n) is 0.702. The number of carbonyl (C=O) groups is 1. The van der Waals surface area contributed by atoms with Crippen LogP contribution in [0.5, 0.6) is 5.88 Å². The molecule has 15 heavy (non-hydrogen) atoms. The molecule has 1 aromatic rings. The normalized spacial score (nSPS) is 11.1. The van der Waals surface area contributed by atoms with E-state index in [4.69, 9.17) is 5.11 Å². The van der Waals surface area contributed by atoms with Crippen LogP contribution in [0.3, 0.4) is 0 Å². The number of halogens is 2. The van der Waals surface area contributed by atoms with Crippen LogP contribution in [0.4, 0.5) is 8.78 Å². The molecule has 0 atom stereocenters. The van der Waals surface area contributed by atoms with E-state index in [2.05, 4.69) is 14.7 Å². The molecule has 0 aliphatic heterocycles. The van der Waals surface area contributed by atoms with Crippen molar-refractivity contribution in [2.75, 3.05) is 6.61 Å². The van der Waals surface area contributed by atoms with Crippen molar-refractivity contribution in [1.29, 1.82) is 0 Å². The maximum absolute atomic E-state index is 12.3. The fraction of sp³-hybridized carbons (Fsp3) is 0.375. The van der Waals surface area contributed by atoms with Crippen molar-refractivity contribution in [2.24, 2.45) is 0 Å². The first-order valence-corrected chi connectivity index (χ1v) is 3.94. The van der Waals surface area contributed by atoms with Gasteiger partial charge in [-0.1, -0.05) is 0 Å². The molecule has 0 saturated carbocycles. The van der Waals surface area contributed by atoms with Gasteiger partial charge >= 0.3 is 5.97 Å². The van der Waals surface area contributed by atoms with Crippen LogP contribution in [-0.2, 0) is 0 Å². The van der Waals surface area contributed by atoms with Gasteiger partial charge in [-0.05, 0) is 0 Å². The minimum atomic E-state index is -2.97. The summed E-state index contributed by atoms with van der Waals surface area (Å²) in [6.45, 7) is -0.125. The lowest BCUT2D eigenvalue weighted by Gasteiger charge is -2.10. The first kappa shape index (κ1) is 11.3. The molecule has 1 aromatic heterocycles. The number of nitrogens with zero attached hydrogens (tertiary/aromatic N) is 2. The molecule has 0 aliphatic rings. The highest BCUT2D eigenvalue weighted by Gasteiger charge is 2.22. The van der Waals surface area contributed by atoms with Crippen LogP contribution in [0.15, 0.2) is 12.4 Å². The molecule has 0 radical (unpaired) electrons. The van der Waals surface area contributed by atoms with E-state index in [1.807, 2.05) is 0 Å². The fourth-order valence-corrected chi connectivity index (χ4v) is 0.702. The maximum atomic E-state index is 12.3. The van der Waals surface area contributed by atoms with Gasteiger partial charge in [-0.3, -0.25) is 0 Å². The zero-order valence-corrected chi connectivity index (χ0v) is 7.78. The average Bonchev–Trinajstić information content (AvgIpc) is 2.14. The highest BCUT2D eigenvalue weighted by atomic mass is 19.3. The Morgan fingerprint density at radius 2 is 2.20 bits per heavy atom. The number of carboxylic acid groups (broad SMARTS) is 1. The number of hydrogen-bond acceptors (Lipinski definition) is 4. The number of rotatable bonds is 4. The molecule has 0 unspecified atom stereocenters. The second-order valence-electron chi connectivity index (χ2n) is 2.90. The SMILES string of the molecule is CC(F)(F)COc1cnc(C(=O)O)cn1. The Morgan fingerprint density at radius 3 is 2.60 bits per heavy atom. The minimum absolute atomic E-state index is 0.137. The van der Waals surface area contributed by atoms with E-state index in [0.717, 1.165) is 12.4 Å². The summed E-state index contributed by atoms with van der Waals surface area (Å²) in [5.41, 5.74) is -0.273. The second-order valence-corrected chi connectivity index (χ2v) is 2.90. The predicted molar refractivity (Wildman–Crippen MR) is 45.1 cm³/mol. The average molecular weight is 218 g/mol. The Hall–Kier alpha value is -1.79. The van der Waals surface area contributed by atoms with Crippen molar-refractivity contribution in [3.8, 4) is 5.88 Å². The standard InChI is InChI=1S/C8H8F2N2O3/c1-8(9,10)4-15-6-3-11-5(2-12-6)7(13)14/h2-3H,4H2,1H3,(H,13,14). The Labute approximate surface area is 83.7 Å². The molecule has 7 heteroatoms. The number of aromatic nitrogens is 2. The highest BCUT2D eigenvalue weighted by molar-refractivity contribution is 5.84. The molecule has 0 amide bonds. The third-order valence-corrected chi connectivity index (χ3v) is 1.32. The number of carboxylic acids is 1. The molecule has 0 spiro atoms. The predicted octanol–water partition coefficient (Wildman–Crippen LogP) is 1.21. The molecule has 0 bridgehead atoms. The summed E-state index contributed by atoms with van der Waals surface area (Å²) in [6.07, 6.45) is 1.92. The van der Waals surface area contributed by atoms with E-state index in [0.29, 0.717) is 6.92 Å². The monoisotopic (exact) mass is 218 g/mol. The lowest BCUT2D eigenvalue weighted by atomic mass is 10.4. The lowest BCUT2D eigenvalue weighted by molar-refractivity contribution is -0.0243. The first-order chi connectivity index (χ1) is 6.88. The Kier molecular flexibility index (Phi) is 3.13. The van der Waals surface area contributed by atoms with E-state index >= 15 is 0 Å². The number of alkyl halides is 2. The van der Waals surface area contributed by atoms with Gasteiger partial charge in [-0.2, -0.15) is 0 Å². The van der Waals surface area contributed by atoms with Crippen molar-refractivity contribution < 1.29 is 23.4 Å². The van der Waals surface area contributed by atoms with Gasteiger partial charge in [-0.15, -0.1) is 0 Å². The number of ether oxygens (including phenoxy) is 1. The van der Waals surface area contributed by atoms with Gasteiger partial charge in [0.05, 0.1) is 12.4 Å². The summed E-state index contributed by atoms with van der Waals surface area (Å²) >= 11 is 0. The van der Waals surface area contributed by atoms with Gasteiger partial charge in [0, 0.05) is 6.92 Å². The molecule has 1 rings (SSSR count). The van der Waals surface area contributed by atoms with Crippen molar-refractivity contribution in [1.82, 2.24) is 9.97 Å². The van der Waals surface area contributed by atoms with Gasteiger partial charge in [-0.25, -0.2) is 23.5 Å². The van der Waals surface area contributed by atoms with Crippen LogP contribution in [0.2, 0.25) is 0 Å². The summed E-state index contributed by atoms with van der Waals surface area (Å²) in [6, 6.07) is 0. The summed E-state index contributed by atoms with van der Waals surface area (Å²) in [5.74, 6) is -4.34. The maximum Gasteiger partial charge on any atom is 0.356 e. The van der Waals surface area contributed by atoms with Crippen molar-refractivity contribution in [2.45, 2.75) is 12.8 Å². The van der Waals surface area contributed by atoms with E-state index in [1.54, 1.807) is 0 Å². The molecule has 5 nitrogen and oxygen atoms in total. The van der Waals surface area contributed by atoms with Gasteiger partial charge in [0.1, 0.15) is 0 Å². The Balaban J connectivity index is 2.61. The molecular weight excluding hydrogens is 210 g/mol. The van der Waals surface area contributed by atoms with Crippen LogP contribution >= 0.6 is 0 Å². The van der Waals surface area contributed by atoms with Crippen LogP contribution in [0.1, 0.15) is 17.4 Å². The van der Waals surface area contributed by atoms with E-state index in [-0.39, 0.29) is 11.6 Å². The quantitative estimate of drug-likeness (QED) is 0.822. The summed E-state index contributed by atoms with van der Waals surface area (Å²) < 4.78 is 29.3. The van der Waals surface area contributed by atoms with Gasteiger partial charge in [0.25, 0.3) is 5.92 Å². The van der Waals surface area contributed by atoms with Gasteiger partial charge in [0.2, 0.25) is 5.88 Å². The molecular formula is C8H8F2N2O3. The van der Waals surface area contributed by atoms with Crippen molar-refractivity contribution in [3.63, 3.8) is 0 Å². The summed E-state index contributed by atoms with van der Waals surface area (Å²) in [4.78, 5) is 17.3. The largest absolute Gasteiger partial charge is 0.476 e. The topological polar surface area (TPSA) is 72.3 Å². The molecule has 0 fully saturated rings. The van der Waals surface area contributed by atoms with Crippen LogP contribution < -0.4 is 4.74 Å². The van der Waals surface area contributed by atoms with Crippen molar-refractivity contribution in [3.05, 3.63) is 18.1 Å². The highest BCUT2D eigenvalue weighted by Crippen LogP contribution is 2.13. The number of hydrogen-bond donors (Lipinski definition) is 1. The smallest absolute Gasteiger partial charge is 0.356 e. The first-order valence-electron chi connectivity index (χ1n) is 3.94.